The average molecular weight is 256 g/mol. The molecule has 0 fully saturated rings. The molecule has 0 spiro atoms. The summed E-state index contributed by atoms with van der Waals surface area (Å²) >= 11 is 0. The molecule has 0 radical (unpaired) electrons. The van der Waals surface area contributed by atoms with Crippen LogP contribution in [0.1, 0.15) is 6.92 Å². The second-order valence-electron chi connectivity index (χ2n) is 3.72. The van der Waals surface area contributed by atoms with Crippen LogP contribution in [-0.4, -0.2) is 36.9 Å². The lowest BCUT2D eigenvalue weighted by Gasteiger charge is -2.16. The van der Waals surface area contributed by atoms with Crippen LogP contribution in [0.25, 0.3) is 0 Å². The molecular formula is C12H17FN2O3. The molecule has 0 saturated heterocycles. The topological polar surface area (TPSA) is 70.6 Å². The maximum Gasteiger partial charge on any atom is 0.315 e. The van der Waals surface area contributed by atoms with E-state index in [0.717, 1.165) is 0 Å². The Labute approximate surface area is 105 Å². The van der Waals surface area contributed by atoms with Crippen molar-refractivity contribution >= 4 is 6.03 Å². The predicted octanol–water partition coefficient (Wildman–Crippen LogP) is 0.884. The maximum atomic E-state index is 13.3. The van der Waals surface area contributed by atoms with Gasteiger partial charge in [-0.05, 0) is 19.1 Å². The summed E-state index contributed by atoms with van der Waals surface area (Å²) in [6.45, 7) is 2.04. The monoisotopic (exact) mass is 256 g/mol. The summed E-state index contributed by atoms with van der Waals surface area (Å²) in [7, 11) is 0. The van der Waals surface area contributed by atoms with Gasteiger partial charge in [0.2, 0.25) is 0 Å². The highest BCUT2D eigenvalue weighted by molar-refractivity contribution is 5.73. The largest absolute Gasteiger partial charge is 0.486 e. The van der Waals surface area contributed by atoms with Crippen molar-refractivity contribution < 1.29 is 19.0 Å². The van der Waals surface area contributed by atoms with Crippen molar-refractivity contribution in [1.29, 1.82) is 0 Å². The minimum atomic E-state index is -0.436. The molecule has 1 aromatic carbocycles. The number of aliphatic hydroxyl groups is 1. The molecule has 0 aliphatic rings. The van der Waals surface area contributed by atoms with Crippen LogP contribution in [0.4, 0.5) is 9.18 Å². The van der Waals surface area contributed by atoms with E-state index < -0.39 is 11.8 Å². The first-order valence-corrected chi connectivity index (χ1v) is 5.67. The summed E-state index contributed by atoms with van der Waals surface area (Å²) in [5.41, 5.74) is 0. The summed E-state index contributed by atoms with van der Waals surface area (Å²) in [6.07, 6.45) is -0.359. The lowest BCUT2D eigenvalue weighted by molar-refractivity contribution is 0.200. The molecule has 1 aromatic rings. The van der Waals surface area contributed by atoms with Crippen LogP contribution in [0.5, 0.6) is 5.75 Å². The summed E-state index contributed by atoms with van der Waals surface area (Å²) < 4.78 is 18.6. The number of nitrogens with one attached hydrogen (secondary N) is 2. The fourth-order valence-corrected chi connectivity index (χ4v) is 1.27. The summed E-state index contributed by atoms with van der Waals surface area (Å²) in [6, 6.07) is 5.69. The van der Waals surface area contributed by atoms with E-state index in [1.165, 1.54) is 12.1 Å². The Morgan fingerprint density at radius 1 is 1.44 bits per heavy atom. The molecule has 6 heteroatoms. The Morgan fingerprint density at radius 2 is 2.17 bits per heavy atom. The van der Waals surface area contributed by atoms with E-state index in [0.29, 0.717) is 0 Å². The number of aliphatic hydroxyl groups excluding tert-OH is 1. The van der Waals surface area contributed by atoms with Crippen molar-refractivity contribution in [3.8, 4) is 5.75 Å². The zero-order valence-electron chi connectivity index (χ0n) is 10.1. The van der Waals surface area contributed by atoms with Gasteiger partial charge in [0.05, 0.1) is 13.2 Å². The second-order valence-corrected chi connectivity index (χ2v) is 3.72. The van der Waals surface area contributed by atoms with E-state index in [2.05, 4.69) is 10.6 Å². The quantitative estimate of drug-likeness (QED) is 0.707. The number of amides is 2. The van der Waals surface area contributed by atoms with Crippen LogP contribution in [0.3, 0.4) is 0 Å². The Kier molecular flexibility index (Phi) is 5.93. The van der Waals surface area contributed by atoms with Crippen LogP contribution < -0.4 is 15.4 Å². The van der Waals surface area contributed by atoms with Gasteiger partial charge >= 0.3 is 6.03 Å². The van der Waals surface area contributed by atoms with E-state index in [9.17, 15) is 9.18 Å². The van der Waals surface area contributed by atoms with Crippen molar-refractivity contribution in [3.05, 3.63) is 30.1 Å². The number of hydrogen-bond donors (Lipinski definition) is 3. The third kappa shape index (κ3) is 5.01. The minimum Gasteiger partial charge on any atom is -0.486 e. The number of ether oxygens (including phenoxy) is 1. The lowest BCUT2D eigenvalue weighted by atomic mass is 10.3. The highest BCUT2D eigenvalue weighted by Crippen LogP contribution is 2.16. The average Bonchev–Trinajstić information content (AvgIpc) is 2.36. The van der Waals surface area contributed by atoms with E-state index in [1.54, 1.807) is 19.1 Å². The maximum absolute atomic E-state index is 13.3. The SMILES string of the molecule is CC(CNC(=O)NCCO)Oc1ccccc1F. The molecule has 1 unspecified atom stereocenters. The standard InChI is InChI=1S/C12H17FN2O3/c1-9(8-15-12(17)14-6-7-16)18-11-5-3-2-4-10(11)13/h2-5,9,16H,6-8H2,1H3,(H2,14,15,17). The molecule has 1 rings (SSSR count). The third-order valence-electron chi connectivity index (χ3n) is 2.11. The van der Waals surface area contributed by atoms with Gasteiger partial charge in [-0.2, -0.15) is 0 Å². The Hall–Kier alpha value is -1.82. The molecule has 3 N–H and O–H groups in total. The Bertz CT molecular complexity index is 387. The van der Waals surface area contributed by atoms with Crippen LogP contribution in [0.15, 0.2) is 24.3 Å². The van der Waals surface area contributed by atoms with Crippen LogP contribution in [0, 0.1) is 5.82 Å². The number of carbonyl (C=O) groups is 1. The summed E-state index contributed by atoms with van der Waals surface area (Å²) in [5.74, 6) is -0.281. The number of urea groups is 1. The van der Waals surface area contributed by atoms with Gasteiger partial charge in [-0.15, -0.1) is 0 Å². The van der Waals surface area contributed by atoms with Crippen molar-refractivity contribution in [2.24, 2.45) is 0 Å². The molecule has 1 atom stereocenters. The lowest BCUT2D eigenvalue weighted by Crippen LogP contribution is -2.41. The molecule has 0 saturated carbocycles. The zero-order chi connectivity index (χ0) is 13.4. The minimum absolute atomic E-state index is 0.116. The first kappa shape index (κ1) is 14.2. The Morgan fingerprint density at radius 3 is 2.83 bits per heavy atom. The normalized spacial score (nSPS) is 11.7. The van der Waals surface area contributed by atoms with E-state index in [-0.39, 0.29) is 31.5 Å². The molecule has 18 heavy (non-hydrogen) atoms. The van der Waals surface area contributed by atoms with Gasteiger partial charge in [-0.1, -0.05) is 12.1 Å². The number of halogens is 1. The second kappa shape index (κ2) is 7.50. The van der Waals surface area contributed by atoms with Crippen molar-refractivity contribution in [3.63, 3.8) is 0 Å². The zero-order valence-corrected chi connectivity index (χ0v) is 10.1. The van der Waals surface area contributed by atoms with Crippen LogP contribution >= 0.6 is 0 Å². The third-order valence-corrected chi connectivity index (χ3v) is 2.11. The van der Waals surface area contributed by atoms with E-state index in [4.69, 9.17) is 9.84 Å². The van der Waals surface area contributed by atoms with Crippen molar-refractivity contribution in [2.45, 2.75) is 13.0 Å². The number of carbonyl (C=O) groups excluding carboxylic acids is 1. The number of rotatable bonds is 6. The highest BCUT2D eigenvalue weighted by atomic mass is 19.1. The van der Waals surface area contributed by atoms with Crippen molar-refractivity contribution in [1.82, 2.24) is 10.6 Å². The molecule has 0 aliphatic carbocycles. The first-order valence-electron chi connectivity index (χ1n) is 5.67. The summed E-state index contributed by atoms with van der Waals surface area (Å²) in [5, 5.41) is 13.5. The molecule has 0 aromatic heterocycles. The molecule has 0 bridgehead atoms. The van der Waals surface area contributed by atoms with Crippen LogP contribution in [0.2, 0.25) is 0 Å². The van der Waals surface area contributed by atoms with Gasteiger partial charge in [0.1, 0.15) is 6.10 Å². The summed E-state index contributed by atoms with van der Waals surface area (Å²) in [4.78, 5) is 11.2. The molecule has 2 amide bonds. The van der Waals surface area contributed by atoms with Gasteiger partial charge in [-0.3, -0.25) is 0 Å². The molecular weight excluding hydrogens is 239 g/mol. The Balaban J connectivity index is 2.32. The molecule has 0 aliphatic heterocycles. The van der Waals surface area contributed by atoms with Gasteiger partial charge in [0.15, 0.2) is 11.6 Å². The van der Waals surface area contributed by atoms with Gasteiger partial charge in [0.25, 0.3) is 0 Å². The van der Waals surface area contributed by atoms with E-state index >= 15 is 0 Å². The molecule has 100 valence electrons. The number of para-hydroxylation sites is 1. The number of hydrogen-bond acceptors (Lipinski definition) is 3. The predicted molar refractivity (Wildman–Crippen MR) is 65.0 cm³/mol. The fraction of sp³-hybridized carbons (Fsp3) is 0.417. The van der Waals surface area contributed by atoms with Crippen LogP contribution in [-0.2, 0) is 0 Å². The smallest absolute Gasteiger partial charge is 0.315 e. The van der Waals surface area contributed by atoms with Gasteiger partial charge in [-0.25, -0.2) is 9.18 Å². The van der Waals surface area contributed by atoms with Crippen molar-refractivity contribution in [2.75, 3.05) is 19.7 Å². The van der Waals surface area contributed by atoms with E-state index in [1.807, 2.05) is 0 Å². The van der Waals surface area contributed by atoms with Gasteiger partial charge in [0, 0.05) is 6.54 Å². The van der Waals surface area contributed by atoms with Gasteiger partial charge < -0.3 is 20.5 Å². The molecule has 0 heterocycles. The fourth-order valence-electron chi connectivity index (χ4n) is 1.27. The molecule has 5 nitrogen and oxygen atoms in total. The first-order chi connectivity index (χ1) is 8.63. The highest BCUT2D eigenvalue weighted by Gasteiger charge is 2.09. The number of benzene rings is 1.